The largest absolute Gasteiger partial charge is 0.466 e. The Morgan fingerprint density at radius 3 is 1.89 bits per heavy atom. The van der Waals surface area contributed by atoms with Crippen molar-refractivity contribution in [3.05, 3.63) is 0 Å². The van der Waals surface area contributed by atoms with Crippen LogP contribution in [0.4, 0.5) is 0 Å². The van der Waals surface area contributed by atoms with Gasteiger partial charge in [0.25, 0.3) is 0 Å². The zero-order valence-corrected chi connectivity index (χ0v) is 11.1. The van der Waals surface area contributed by atoms with E-state index in [1.807, 2.05) is 0 Å². The third-order valence-electron chi connectivity index (χ3n) is 2.05. The van der Waals surface area contributed by atoms with Gasteiger partial charge in [-0.05, 0) is 12.8 Å². The minimum absolute atomic E-state index is 0.209. The Kier molecular flexibility index (Phi) is 8.61. The zero-order valence-electron chi connectivity index (χ0n) is 11.1. The highest BCUT2D eigenvalue weighted by Gasteiger charge is 2.12. The molecule has 0 heterocycles. The molecule has 0 aromatic heterocycles. The molecule has 18 heavy (non-hydrogen) atoms. The number of carbonyl (C=O) groups excluding carboxylic acids is 3. The smallest absolute Gasteiger partial charge is 0.302 e. The van der Waals surface area contributed by atoms with E-state index >= 15 is 0 Å². The SMILES string of the molecule is CC(=O)OCCCC(CCOC(C)=O)OC(C)=O. The lowest BCUT2D eigenvalue weighted by Gasteiger charge is -2.16. The monoisotopic (exact) mass is 260 g/mol. The van der Waals surface area contributed by atoms with Crippen LogP contribution in [0.15, 0.2) is 0 Å². The molecule has 0 saturated heterocycles. The lowest BCUT2D eigenvalue weighted by atomic mass is 10.1. The molecule has 0 aromatic carbocycles. The van der Waals surface area contributed by atoms with Crippen molar-refractivity contribution in [3.8, 4) is 0 Å². The van der Waals surface area contributed by atoms with Crippen LogP contribution in [0.3, 0.4) is 0 Å². The molecule has 0 bridgehead atoms. The number of rotatable bonds is 8. The average Bonchev–Trinajstić information content (AvgIpc) is 2.22. The van der Waals surface area contributed by atoms with Gasteiger partial charge in [0.15, 0.2) is 0 Å². The van der Waals surface area contributed by atoms with Crippen molar-refractivity contribution in [2.75, 3.05) is 13.2 Å². The molecule has 0 amide bonds. The third-order valence-corrected chi connectivity index (χ3v) is 2.05. The van der Waals surface area contributed by atoms with Gasteiger partial charge in [-0.25, -0.2) is 0 Å². The van der Waals surface area contributed by atoms with Crippen LogP contribution < -0.4 is 0 Å². The van der Waals surface area contributed by atoms with Gasteiger partial charge >= 0.3 is 17.9 Å². The van der Waals surface area contributed by atoms with E-state index in [1.54, 1.807) is 0 Å². The van der Waals surface area contributed by atoms with Crippen molar-refractivity contribution in [1.29, 1.82) is 0 Å². The summed E-state index contributed by atoms with van der Waals surface area (Å²) in [6.07, 6.45) is 1.28. The molecule has 104 valence electrons. The van der Waals surface area contributed by atoms with E-state index in [9.17, 15) is 14.4 Å². The summed E-state index contributed by atoms with van der Waals surface area (Å²) >= 11 is 0. The van der Waals surface area contributed by atoms with Crippen LogP contribution in [0.1, 0.15) is 40.0 Å². The Balaban J connectivity index is 3.87. The van der Waals surface area contributed by atoms with Gasteiger partial charge in [-0.15, -0.1) is 0 Å². The average molecular weight is 260 g/mol. The van der Waals surface area contributed by atoms with Crippen LogP contribution in [-0.2, 0) is 28.6 Å². The Hall–Kier alpha value is -1.59. The van der Waals surface area contributed by atoms with Gasteiger partial charge in [0.05, 0.1) is 13.2 Å². The van der Waals surface area contributed by atoms with Gasteiger partial charge in [-0.1, -0.05) is 0 Å². The molecule has 0 rings (SSSR count). The predicted octanol–water partition coefficient (Wildman–Crippen LogP) is 1.21. The molecular formula is C12H20O6. The summed E-state index contributed by atoms with van der Waals surface area (Å²) in [5.41, 5.74) is 0. The highest BCUT2D eigenvalue weighted by molar-refractivity contribution is 5.66. The third kappa shape index (κ3) is 10.9. The van der Waals surface area contributed by atoms with Gasteiger partial charge in [-0.3, -0.25) is 14.4 Å². The molecule has 0 aliphatic rings. The number of hydrogen-bond donors (Lipinski definition) is 0. The fourth-order valence-electron chi connectivity index (χ4n) is 1.36. The molecule has 6 nitrogen and oxygen atoms in total. The highest BCUT2D eigenvalue weighted by Crippen LogP contribution is 2.08. The molecule has 6 heteroatoms. The molecule has 0 fully saturated rings. The summed E-state index contributed by atoms with van der Waals surface area (Å²) in [6, 6.07) is 0. The minimum Gasteiger partial charge on any atom is -0.466 e. The quantitative estimate of drug-likeness (QED) is 0.371. The van der Waals surface area contributed by atoms with E-state index in [-0.39, 0.29) is 30.6 Å². The fourth-order valence-corrected chi connectivity index (χ4v) is 1.36. The van der Waals surface area contributed by atoms with E-state index in [0.29, 0.717) is 25.9 Å². The first kappa shape index (κ1) is 16.4. The minimum atomic E-state index is -0.379. The fraction of sp³-hybridized carbons (Fsp3) is 0.750. The molecule has 0 saturated carbocycles. The van der Waals surface area contributed by atoms with E-state index < -0.39 is 0 Å². The standard InChI is InChI=1S/C12H20O6/c1-9(13)16-7-4-5-12(18-11(3)15)6-8-17-10(2)14/h12H,4-8H2,1-3H3. The molecule has 1 atom stereocenters. The molecule has 0 N–H and O–H groups in total. The van der Waals surface area contributed by atoms with E-state index in [4.69, 9.17) is 14.2 Å². The first-order valence-electron chi connectivity index (χ1n) is 5.85. The first-order chi connectivity index (χ1) is 8.41. The topological polar surface area (TPSA) is 78.9 Å². The van der Waals surface area contributed by atoms with Gasteiger partial charge < -0.3 is 14.2 Å². The van der Waals surface area contributed by atoms with Crippen molar-refractivity contribution in [1.82, 2.24) is 0 Å². The Morgan fingerprint density at radius 2 is 1.39 bits per heavy atom. The summed E-state index contributed by atoms with van der Waals surface area (Å²) in [4.78, 5) is 32.0. The maximum Gasteiger partial charge on any atom is 0.302 e. The van der Waals surface area contributed by atoms with Crippen molar-refractivity contribution >= 4 is 17.9 Å². The maximum atomic E-state index is 10.9. The second-order valence-corrected chi connectivity index (χ2v) is 3.84. The van der Waals surface area contributed by atoms with Crippen LogP contribution in [-0.4, -0.2) is 37.2 Å². The normalized spacial score (nSPS) is 11.5. The van der Waals surface area contributed by atoms with Gasteiger partial charge in [0, 0.05) is 27.2 Å². The maximum absolute atomic E-state index is 10.9. The lowest BCUT2D eigenvalue weighted by molar-refractivity contribution is -0.150. The molecule has 0 aliphatic heterocycles. The summed E-state index contributed by atoms with van der Waals surface area (Å²) in [7, 11) is 0. The van der Waals surface area contributed by atoms with E-state index in [2.05, 4.69) is 0 Å². The number of hydrogen-bond acceptors (Lipinski definition) is 6. The molecule has 0 aliphatic carbocycles. The van der Waals surface area contributed by atoms with E-state index in [0.717, 1.165) is 0 Å². The second-order valence-electron chi connectivity index (χ2n) is 3.84. The number of esters is 3. The van der Waals surface area contributed by atoms with Crippen molar-refractivity contribution in [3.63, 3.8) is 0 Å². The van der Waals surface area contributed by atoms with Gasteiger partial charge in [0.1, 0.15) is 6.10 Å². The Bertz CT molecular complexity index is 286. The molecule has 0 spiro atoms. The van der Waals surface area contributed by atoms with Crippen molar-refractivity contribution in [2.24, 2.45) is 0 Å². The second kappa shape index (κ2) is 9.44. The molecule has 0 radical (unpaired) electrons. The number of ether oxygens (including phenoxy) is 3. The summed E-state index contributed by atoms with van der Waals surface area (Å²) in [6.45, 7) is 4.48. The van der Waals surface area contributed by atoms with E-state index in [1.165, 1.54) is 20.8 Å². The Labute approximate surface area is 107 Å². The van der Waals surface area contributed by atoms with Crippen LogP contribution in [0.5, 0.6) is 0 Å². The lowest BCUT2D eigenvalue weighted by Crippen LogP contribution is -2.20. The number of carbonyl (C=O) groups is 3. The molecule has 0 aromatic rings. The summed E-state index contributed by atoms with van der Waals surface area (Å²) in [5, 5.41) is 0. The molecular weight excluding hydrogens is 240 g/mol. The highest BCUT2D eigenvalue weighted by atomic mass is 16.6. The summed E-state index contributed by atoms with van der Waals surface area (Å²) < 4.78 is 14.6. The van der Waals surface area contributed by atoms with Gasteiger partial charge in [-0.2, -0.15) is 0 Å². The Morgan fingerprint density at radius 1 is 0.833 bits per heavy atom. The van der Waals surface area contributed by atoms with Crippen molar-refractivity contribution < 1.29 is 28.6 Å². The first-order valence-corrected chi connectivity index (χ1v) is 5.85. The summed E-state index contributed by atoms with van der Waals surface area (Å²) in [5.74, 6) is -1.08. The van der Waals surface area contributed by atoms with Crippen LogP contribution in [0, 0.1) is 0 Å². The van der Waals surface area contributed by atoms with Crippen LogP contribution in [0.25, 0.3) is 0 Å². The van der Waals surface area contributed by atoms with Gasteiger partial charge in [0.2, 0.25) is 0 Å². The zero-order chi connectivity index (χ0) is 14.0. The predicted molar refractivity (Wildman–Crippen MR) is 62.7 cm³/mol. The molecule has 1 unspecified atom stereocenters. The van der Waals surface area contributed by atoms with Crippen molar-refractivity contribution in [2.45, 2.75) is 46.1 Å². The van der Waals surface area contributed by atoms with Crippen LogP contribution >= 0.6 is 0 Å². The van der Waals surface area contributed by atoms with Crippen LogP contribution in [0.2, 0.25) is 0 Å².